The summed E-state index contributed by atoms with van der Waals surface area (Å²) in [5, 5.41) is 7.29. The summed E-state index contributed by atoms with van der Waals surface area (Å²) in [4.78, 5) is 16.4. The third kappa shape index (κ3) is 4.23. The number of hydrogen-bond donors (Lipinski definition) is 1. The van der Waals surface area contributed by atoms with E-state index >= 15 is 0 Å². The summed E-state index contributed by atoms with van der Waals surface area (Å²) >= 11 is 0. The number of carbonyl (C=O) groups is 1. The predicted molar refractivity (Wildman–Crippen MR) is 96.2 cm³/mol. The molecule has 0 bridgehead atoms. The van der Waals surface area contributed by atoms with Gasteiger partial charge in [-0.1, -0.05) is 6.92 Å². The van der Waals surface area contributed by atoms with Gasteiger partial charge in [0, 0.05) is 30.7 Å². The molecular formula is C17H28N4O3S. The van der Waals surface area contributed by atoms with Crippen LogP contribution < -0.4 is 0 Å². The number of piperidine rings is 1. The van der Waals surface area contributed by atoms with E-state index in [-0.39, 0.29) is 23.5 Å². The second-order valence-corrected chi connectivity index (χ2v) is 9.52. The molecule has 1 N–H and O–H groups in total. The molecule has 2 aliphatic heterocycles. The predicted octanol–water partition coefficient (Wildman–Crippen LogP) is 0.797. The second kappa shape index (κ2) is 7.45. The lowest BCUT2D eigenvalue weighted by atomic mass is 9.91. The highest BCUT2D eigenvalue weighted by Crippen LogP contribution is 2.29. The molecule has 25 heavy (non-hydrogen) atoms. The summed E-state index contributed by atoms with van der Waals surface area (Å²) in [5.41, 5.74) is 2.50. The van der Waals surface area contributed by atoms with Gasteiger partial charge >= 0.3 is 0 Å². The van der Waals surface area contributed by atoms with Crippen LogP contribution in [0.25, 0.3) is 0 Å². The SMILES string of the molecule is CCc1cn[nH]c1C1CCN(C(=O)CN(C)C2CCS(=O)(=O)C2)CC1. The van der Waals surface area contributed by atoms with Crippen LogP contribution in [0, 0.1) is 0 Å². The number of likely N-dealkylation sites (N-methyl/N-ethyl adjacent to an activating group) is 1. The van der Waals surface area contributed by atoms with Crippen LogP contribution in [0.4, 0.5) is 0 Å². The first kappa shape index (κ1) is 18.4. The summed E-state index contributed by atoms with van der Waals surface area (Å²) in [6.45, 7) is 3.94. The van der Waals surface area contributed by atoms with Crippen molar-refractivity contribution in [1.82, 2.24) is 20.0 Å². The fraction of sp³-hybridized carbons (Fsp3) is 0.765. The lowest BCUT2D eigenvalue weighted by Crippen LogP contribution is -2.45. The molecule has 1 aromatic heterocycles. The quantitative estimate of drug-likeness (QED) is 0.831. The zero-order valence-electron chi connectivity index (χ0n) is 15.1. The van der Waals surface area contributed by atoms with Crippen LogP contribution in [0.1, 0.15) is 43.4 Å². The minimum Gasteiger partial charge on any atom is -0.342 e. The Bertz CT molecular complexity index is 707. The number of rotatable bonds is 5. The molecule has 8 heteroatoms. The third-order valence-corrected chi connectivity index (χ3v) is 7.35. The summed E-state index contributed by atoms with van der Waals surface area (Å²) < 4.78 is 23.2. The lowest BCUT2D eigenvalue weighted by molar-refractivity contribution is -0.133. The maximum absolute atomic E-state index is 12.6. The molecule has 0 radical (unpaired) electrons. The van der Waals surface area contributed by atoms with Crippen LogP contribution in [0.5, 0.6) is 0 Å². The molecule has 1 unspecified atom stereocenters. The third-order valence-electron chi connectivity index (χ3n) is 5.60. The lowest BCUT2D eigenvalue weighted by Gasteiger charge is -2.33. The number of likely N-dealkylation sites (tertiary alicyclic amines) is 1. The fourth-order valence-corrected chi connectivity index (χ4v) is 5.74. The maximum atomic E-state index is 12.6. The number of H-pyrrole nitrogens is 1. The van der Waals surface area contributed by atoms with Crippen LogP contribution in [-0.2, 0) is 21.1 Å². The highest BCUT2D eigenvalue weighted by molar-refractivity contribution is 7.91. The number of aromatic amines is 1. The van der Waals surface area contributed by atoms with Gasteiger partial charge in [0.05, 0.1) is 24.2 Å². The number of nitrogens with zero attached hydrogens (tertiary/aromatic N) is 3. The number of aryl methyl sites for hydroxylation is 1. The molecule has 0 aliphatic carbocycles. The molecule has 7 nitrogen and oxygen atoms in total. The van der Waals surface area contributed by atoms with E-state index in [1.807, 2.05) is 23.0 Å². The summed E-state index contributed by atoms with van der Waals surface area (Å²) in [7, 11) is -1.06. The first-order chi connectivity index (χ1) is 11.9. The Morgan fingerprint density at radius 2 is 2.08 bits per heavy atom. The zero-order valence-corrected chi connectivity index (χ0v) is 15.9. The molecular weight excluding hydrogens is 340 g/mol. The molecule has 3 rings (SSSR count). The Labute approximate surface area is 149 Å². The smallest absolute Gasteiger partial charge is 0.236 e. The average Bonchev–Trinajstić information content (AvgIpc) is 3.20. The van der Waals surface area contributed by atoms with Crippen molar-refractivity contribution in [3.63, 3.8) is 0 Å². The number of aromatic nitrogens is 2. The molecule has 140 valence electrons. The Hall–Kier alpha value is -1.41. The number of carbonyl (C=O) groups excluding carboxylic acids is 1. The van der Waals surface area contributed by atoms with Gasteiger partial charge in [-0.2, -0.15) is 5.10 Å². The number of amides is 1. The van der Waals surface area contributed by atoms with Crippen molar-refractivity contribution in [3.05, 3.63) is 17.5 Å². The van der Waals surface area contributed by atoms with E-state index < -0.39 is 9.84 Å². The minimum absolute atomic E-state index is 0.0244. The Balaban J connectivity index is 1.50. The van der Waals surface area contributed by atoms with Crippen LogP contribution in [0.15, 0.2) is 6.20 Å². The van der Waals surface area contributed by atoms with Crippen molar-refractivity contribution in [2.75, 3.05) is 38.2 Å². The molecule has 0 spiro atoms. The average molecular weight is 369 g/mol. The highest BCUT2D eigenvalue weighted by atomic mass is 32.2. The van der Waals surface area contributed by atoms with E-state index in [9.17, 15) is 13.2 Å². The monoisotopic (exact) mass is 368 g/mol. The maximum Gasteiger partial charge on any atom is 0.236 e. The molecule has 2 aliphatic rings. The summed E-state index contributed by atoms with van der Waals surface area (Å²) in [6.07, 6.45) is 5.40. The van der Waals surface area contributed by atoms with Crippen LogP contribution in [-0.4, -0.2) is 78.6 Å². The number of hydrogen-bond acceptors (Lipinski definition) is 5. The van der Waals surface area contributed by atoms with E-state index in [2.05, 4.69) is 17.1 Å². The van der Waals surface area contributed by atoms with Gasteiger partial charge < -0.3 is 4.90 Å². The molecule has 3 heterocycles. The normalized spacial score (nSPS) is 24.1. The van der Waals surface area contributed by atoms with Crippen molar-refractivity contribution < 1.29 is 13.2 Å². The summed E-state index contributed by atoms with van der Waals surface area (Å²) in [5.74, 6) is 0.967. The first-order valence-electron chi connectivity index (χ1n) is 9.10. The Kier molecular flexibility index (Phi) is 5.48. The molecule has 2 saturated heterocycles. The molecule has 0 aromatic carbocycles. The van der Waals surface area contributed by atoms with Crippen molar-refractivity contribution in [1.29, 1.82) is 0 Å². The van der Waals surface area contributed by atoms with E-state index in [4.69, 9.17) is 0 Å². The molecule has 1 aromatic rings. The largest absolute Gasteiger partial charge is 0.342 e. The standard InChI is InChI=1S/C17H28N4O3S/c1-3-13-10-18-19-17(13)14-4-7-21(8-5-14)16(22)11-20(2)15-6-9-25(23,24)12-15/h10,14-15H,3-9,11-12H2,1-2H3,(H,18,19). The Morgan fingerprint density at radius 1 is 1.36 bits per heavy atom. The van der Waals surface area contributed by atoms with Crippen molar-refractivity contribution >= 4 is 15.7 Å². The van der Waals surface area contributed by atoms with Crippen molar-refractivity contribution in [3.8, 4) is 0 Å². The van der Waals surface area contributed by atoms with Gasteiger partial charge in [-0.15, -0.1) is 0 Å². The van der Waals surface area contributed by atoms with Crippen LogP contribution in [0.2, 0.25) is 0 Å². The minimum atomic E-state index is -2.92. The van der Waals surface area contributed by atoms with Gasteiger partial charge in [-0.05, 0) is 38.3 Å². The highest BCUT2D eigenvalue weighted by Gasteiger charge is 2.32. The van der Waals surface area contributed by atoms with Gasteiger partial charge in [0.15, 0.2) is 9.84 Å². The Morgan fingerprint density at radius 3 is 2.68 bits per heavy atom. The van der Waals surface area contributed by atoms with Crippen LogP contribution >= 0.6 is 0 Å². The number of nitrogens with one attached hydrogen (secondary N) is 1. The van der Waals surface area contributed by atoms with Crippen molar-refractivity contribution in [2.45, 2.75) is 44.6 Å². The van der Waals surface area contributed by atoms with Crippen LogP contribution in [0.3, 0.4) is 0 Å². The first-order valence-corrected chi connectivity index (χ1v) is 10.9. The summed E-state index contributed by atoms with van der Waals surface area (Å²) in [6, 6.07) is -0.0244. The van der Waals surface area contributed by atoms with Gasteiger partial charge in [-0.3, -0.25) is 14.8 Å². The second-order valence-electron chi connectivity index (χ2n) is 7.29. The topological polar surface area (TPSA) is 86.4 Å². The van der Waals surface area contributed by atoms with E-state index in [0.717, 1.165) is 32.4 Å². The molecule has 0 saturated carbocycles. The van der Waals surface area contributed by atoms with E-state index in [1.165, 1.54) is 11.3 Å². The molecule has 1 atom stereocenters. The molecule has 1 amide bonds. The van der Waals surface area contributed by atoms with Crippen molar-refractivity contribution in [2.24, 2.45) is 0 Å². The van der Waals surface area contributed by atoms with Gasteiger partial charge in [0.1, 0.15) is 0 Å². The van der Waals surface area contributed by atoms with Gasteiger partial charge in [-0.25, -0.2) is 8.42 Å². The van der Waals surface area contributed by atoms with Gasteiger partial charge in [0.25, 0.3) is 0 Å². The fourth-order valence-electron chi connectivity index (χ4n) is 3.94. The van der Waals surface area contributed by atoms with Gasteiger partial charge in [0.2, 0.25) is 5.91 Å². The van der Waals surface area contributed by atoms with E-state index in [1.54, 1.807) is 0 Å². The zero-order chi connectivity index (χ0) is 18.0. The number of sulfone groups is 1. The molecule has 2 fully saturated rings. The van der Waals surface area contributed by atoms with E-state index in [0.29, 0.717) is 18.9 Å².